The Balaban J connectivity index is 1.35. The maximum Gasteiger partial charge on any atom is 0.407 e. The van der Waals surface area contributed by atoms with Gasteiger partial charge in [0.2, 0.25) is 0 Å². The van der Waals surface area contributed by atoms with Gasteiger partial charge >= 0.3 is 23.7 Å². The molecule has 0 saturated heterocycles. The van der Waals surface area contributed by atoms with Gasteiger partial charge in [0, 0.05) is 5.92 Å². The average molecular weight is 572 g/mol. The predicted molar refractivity (Wildman–Crippen MR) is 156 cm³/mol. The van der Waals surface area contributed by atoms with Crippen LogP contribution in [0.25, 0.3) is 22.2 Å². The normalized spacial score (nSPS) is 14.1. The van der Waals surface area contributed by atoms with E-state index >= 15 is 0 Å². The summed E-state index contributed by atoms with van der Waals surface area (Å²) < 4.78 is 13.5. The van der Waals surface area contributed by atoms with E-state index in [0.29, 0.717) is 11.0 Å². The molecule has 1 heterocycles. The van der Waals surface area contributed by atoms with Gasteiger partial charge in [0.25, 0.3) is 0 Å². The van der Waals surface area contributed by atoms with Gasteiger partial charge in [0.15, 0.2) is 0 Å². The molecule has 1 aliphatic carbocycles. The molecular weight excluding hydrogens is 538 g/mol. The lowest BCUT2D eigenvalue weighted by Gasteiger charge is -2.22. The first kappa shape index (κ1) is 28.7. The Morgan fingerprint density at radius 2 is 1.45 bits per heavy atom. The fourth-order valence-corrected chi connectivity index (χ4v) is 5.43. The van der Waals surface area contributed by atoms with Crippen LogP contribution in [0.15, 0.2) is 77.6 Å². The Morgan fingerprint density at radius 3 is 2.02 bits per heavy atom. The van der Waals surface area contributed by atoms with Crippen LogP contribution < -0.4 is 11.0 Å². The number of fused-ring (bicyclic) bond motifs is 4. The van der Waals surface area contributed by atoms with E-state index in [1.165, 1.54) is 9.13 Å². The van der Waals surface area contributed by atoms with Crippen LogP contribution >= 0.6 is 0 Å². The molecule has 2 N–H and O–H groups in total. The van der Waals surface area contributed by atoms with E-state index in [4.69, 9.17) is 9.47 Å². The first-order valence-corrected chi connectivity index (χ1v) is 13.7. The number of hydrogen-bond donors (Lipinski definition) is 2. The summed E-state index contributed by atoms with van der Waals surface area (Å²) in [6.07, 6.45) is -0.914. The third-order valence-corrected chi connectivity index (χ3v) is 7.30. The molecule has 1 aromatic heterocycles. The highest BCUT2D eigenvalue weighted by Gasteiger charge is 2.31. The quantitative estimate of drug-likeness (QED) is 0.294. The number of ether oxygens (including phenoxy) is 2. The summed E-state index contributed by atoms with van der Waals surface area (Å²) in [5.41, 5.74) is 3.69. The second-order valence-corrected chi connectivity index (χ2v) is 11.3. The van der Waals surface area contributed by atoms with Crippen LogP contribution in [0.1, 0.15) is 50.8 Å². The van der Waals surface area contributed by atoms with Crippen LogP contribution in [0.5, 0.6) is 0 Å². The van der Waals surface area contributed by atoms with Gasteiger partial charge in [-0.3, -0.25) is 9.13 Å². The minimum Gasteiger partial charge on any atom is -0.480 e. The Morgan fingerprint density at radius 1 is 0.905 bits per heavy atom. The van der Waals surface area contributed by atoms with Crippen molar-refractivity contribution in [1.29, 1.82) is 0 Å². The number of carbonyl (C=O) groups excluding carboxylic acids is 2. The minimum atomic E-state index is -1.48. The number of amides is 1. The van der Waals surface area contributed by atoms with Crippen LogP contribution in [-0.4, -0.2) is 50.5 Å². The fraction of sp³-hybridized carbons (Fsp3) is 0.312. The van der Waals surface area contributed by atoms with Gasteiger partial charge < -0.3 is 19.9 Å². The number of carbonyl (C=O) groups is 3. The largest absolute Gasteiger partial charge is 0.480 e. The number of aliphatic carboxylic acids is 1. The topological polar surface area (TPSA) is 129 Å². The van der Waals surface area contributed by atoms with Gasteiger partial charge in [-0.25, -0.2) is 19.2 Å². The summed E-state index contributed by atoms with van der Waals surface area (Å²) in [5.74, 6) is -2.13. The first-order valence-electron chi connectivity index (χ1n) is 13.7. The number of esters is 1. The van der Waals surface area contributed by atoms with Gasteiger partial charge in [0.1, 0.15) is 24.3 Å². The molecular formula is C32H33N3O7. The first-order chi connectivity index (χ1) is 20.0. The SMILES string of the molecule is C[C@H](C(=O)OC(C)(C)C)n1c(=O)n(C[C@H](NC(=O)OCC2c3ccccc3-c3ccccc32)C(=O)O)c2ccccc21. The molecule has 10 nitrogen and oxygen atoms in total. The molecule has 5 rings (SSSR count). The Labute approximate surface area is 242 Å². The number of nitrogens with one attached hydrogen (secondary N) is 1. The summed E-state index contributed by atoms with van der Waals surface area (Å²) in [5, 5.41) is 12.4. The van der Waals surface area contributed by atoms with Crippen LogP contribution in [0.2, 0.25) is 0 Å². The molecule has 4 aromatic rings. The molecule has 0 aliphatic heterocycles. The van der Waals surface area contributed by atoms with Crippen molar-refractivity contribution in [3.8, 4) is 11.1 Å². The zero-order valence-electron chi connectivity index (χ0n) is 23.9. The molecule has 0 fully saturated rings. The number of imidazole rings is 1. The third-order valence-electron chi connectivity index (χ3n) is 7.30. The fourth-order valence-electron chi connectivity index (χ4n) is 5.43. The van der Waals surface area contributed by atoms with Crippen LogP contribution in [0, 0.1) is 0 Å². The average Bonchev–Trinajstić information content (AvgIpc) is 3.41. The minimum absolute atomic E-state index is 0.0128. The third kappa shape index (κ3) is 5.52. The van der Waals surface area contributed by atoms with Crippen molar-refractivity contribution in [2.45, 2.75) is 57.8 Å². The van der Waals surface area contributed by atoms with Gasteiger partial charge in [-0.05, 0) is 62.1 Å². The van der Waals surface area contributed by atoms with Crippen molar-refractivity contribution in [2.75, 3.05) is 6.61 Å². The van der Waals surface area contributed by atoms with E-state index < -0.39 is 41.4 Å². The summed E-state index contributed by atoms with van der Waals surface area (Å²) >= 11 is 0. The van der Waals surface area contributed by atoms with Crippen molar-refractivity contribution in [2.24, 2.45) is 0 Å². The highest BCUT2D eigenvalue weighted by atomic mass is 16.6. The Kier molecular flexibility index (Phi) is 7.64. The van der Waals surface area contributed by atoms with Gasteiger partial charge in [-0.2, -0.15) is 0 Å². The van der Waals surface area contributed by atoms with E-state index in [2.05, 4.69) is 5.32 Å². The standard InChI is InChI=1S/C32H33N3O7/c1-19(29(38)42-32(2,3)4)35-27-16-10-9-15-26(27)34(31(35)40)17-25(28(36)37)33-30(39)41-18-24-22-13-7-5-11-20(22)21-12-6-8-14-23(21)24/h5-16,19,24-25H,17-18H2,1-4H3,(H,33,39)(H,36,37)/t19-,25+/m1/s1. The molecule has 2 atom stereocenters. The smallest absolute Gasteiger partial charge is 0.407 e. The van der Waals surface area contributed by atoms with E-state index in [0.717, 1.165) is 22.3 Å². The lowest BCUT2D eigenvalue weighted by molar-refractivity contribution is -0.158. The number of alkyl carbamates (subject to hydrolysis) is 1. The number of carboxylic acid groups (broad SMARTS) is 1. The van der Waals surface area contributed by atoms with Gasteiger partial charge in [-0.15, -0.1) is 0 Å². The molecule has 0 bridgehead atoms. The van der Waals surface area contributed by atoms with Crippen molar-refractivity contribution in [1.82, 2.24) is 14.5 Å². The van der Waals surface area contributed by atoms with Crippen molar-refractivity contribution in [3.63, 3.8) is 0 Å². The maximum absolute atomic E-state index is 13.6. The summed E-state index contributed by atoms with van der Waals surface area (Å²) in [7, 11) is 0. The lowest BCUT2D eigenvalue weighted by atomic mass is 9.98. The molecule has 10 heteroatoms. The predicted octanol–water partition coefficient (Wildman–Crippen LogP) is 4.70. The molecule has 218 valence electrons. The monoisotopic (exact) mass is 571 g/mol. The van der Waals surface area contributed by atoms with Crippen LogP contribution in [0.3, 0.4) is 0 Å². The number of aromatic nitrogens is 2. The summed E-state index contributed by atoms with van der Waals surface area (Å²) in [6.45, 7) is 6.38. The molecule has 1 aliphatic rings. The molecule has 0 unspecified atom stereocenters. The number of hydrogen-bond acceptors (Lipinski definition) is 6. The number of carboxylic acids is 1. The molecule has 0 radical (unpaired) electrons. The van der Waals surface area contributed by atoms with Crippen LogP contribution in [0.4, 0.5) is 4.79 Å². The van der Waals surface area contributed by atoms with E-state index in [-0.39, 0.29) is 19.1 Å². The second kappa shape index (κ2) is 11.2. The highest BCUT2D eigenvalue weighted by Crippen LogP contribution is 2.44. The molecule has 42 heavy (non-hydrogen) atoms. The van der Waals surface area contributed by atoms with Gasteiger partial charge in [0.05, 0.1) is 17.6 Å². The van der Waals surface area contributed by atoms with Crippen molar-refractivity contribution >= 4 is 29.1 Å². The van der Waals surface area contributed by atoms with Crippen LogP contribution in [-0.2, 0) is 25.6 Å². The van der Waals surface area contributed by atoms with E-state index in [1.54, 1.807) is 52.0 Å². The van der Waals surface area contributed by atoms with Crippen molar-refractivity contribution in [3.05, 3.63) is 94.4 Å². The van der Waals surface area contributed by atoms with Crippen molar-refractivity contribution < 1.29 is 29.0 Å². The summed E-state index contributed by atoms with van der Waals surface area (Å²) in [4.78, 5) is 51.5. The highest BCUT2D eigenvalue weighted by molar-refractivity contribution is 5.83. The molecule has 1 amide bonds. The Hall–Kier alpha value is -4.86. The van der Waals surface area contributed by atoms with Gasteiger partial charge in [-0.1, -0.05) is 60.7 Å². The van der Waals surface area contributed by atoms with E-state index in [9.17, 15) is 24.3 Å². The number of benzene rings is 3. The number of rotatable bonds is 8. The summed E-state index contributed by atoms with van der Waals surface area (Å²) in [6, 6.07) is 20.1. The van der Waals surface area contributed by atoms with E-state index in [1.807, 2.05) is 48.5 Å². The maximum atomic E-state index is 13.6. The molecule has 3 aromatic carbocycles. The Bertz CT molecular complexity index is 1680. The lowest BCUT2D eigenvalue weighted by Crippen LogP contribution is -2.46. The zero-order chi connectivity index (χ0) is 30.2. The second-order valence-electron chi connectivity index (χ2n) is 11.3. The zero-order valence-corrected chi connectivity index (χ0v) is 23.9. The number of nitrogens with zero attached hydrogens (tertiary/aromatic N) is 2. The molecule has 0 saturated carbocycles. The molecule has 0 spiro atoms. The number of para-hydroxylation sites is 2.